The van der Waals surface area contributed by atoms with Crippen LogP contribution in [0.1, 0.15) is 22.5 Å². The zero-order chi connectivity index (χ0) is 24.9. The minimum absolute atomic E-state index is 0.0165. The van der Waals surface area contributed by atoms with Crippen LogP contribution in [-0.2, 0) is 17.0 Å². The molecule has 2 heterocycles. The van der Waals surface area contributed by atoms with Gasteiger partial charge in [0.25, 0.3) is 5.91 Å². The van der Waals surface area contributed by atoms with E-state index in [4.69, 9.17) is 4.74 Å². The number of benzene rings is 2. The van der Waals surface area contributed by atoms with Crippen molar-refractivity contribution in [1.29, 1.82) is 0 Å². The predicted octanol–water partition coefficient (Wildman–Crippen LogP) is 6.33. The van der Waals surface area contributed by atoms with E-state index >= 15 is 0 Å². The Hall–Kier alpha value is -3.56. The van der Waals surface area contributed by atoms with Gasteiger partial charge in [-0.3, -0.25) is 4.79 Å². The Bertz CT molecular complexity index is 1360. The molecule has 178 valence electrons. The number of thiophene rings is 1. The molecule has 0 aliphatic carbocycles. The summed E-state index contributed by atoms with van der Waals surface area (Å²) in [6.07, 6.45) is -0.0165. The summed E-state index contributed by atoms with van der Waals surface area (Å²) in [6, 6.07) is 17.0. The van der Waals surface area contributed by atoms with Crippen LogP contribution in [0.4, 0.5) is 0 Å². The summed E-state index contributed by atoms with van der Waals surface area (Å²) in [4.78, 5) is 32.9. The van der Waals surface area contributed by atoms with Gasteiger partial charge in [-0.2, -0.15) is 0 Å². The number of methoxy groups -OCH3 is 1. The van der Waals surface area contributed by atoms with Crippen molar-refractivity contribution in [3.63, 3.8) is 0 Å². The van der Waals surface area contributed by atoms with Gasteiger partial charge in [0.05, 0.1) is 13.5 Å². The van der Waals surface area contributed by atoms with Crippen molar-refractivity contribution >= 4 is 29.0 Å². The Morgan fingerprint density at radius 1 is 1.03 bits per heavy atom. The highest BCUT2D eigenvalue weighted by atomic mass is 32.2. The molecule has 0 fully saturated rings. The molecule has 7 nitrogen and oxygen atoms in total. The molecule has 0 radical (unpaired) electrons. The number of aryl methyl sites for hydroxylation is 2. The lowest BCUT2D eigenvalue weighted by atomic mass is 10.1. The molecule has 0 unspecified atom stereocenters. The quantitative estimate of drug-likeness (QED) is 0.170. The van der Waals surface area contributed by atoms with E-state index in [0.29, 0.717) is 11.5 Å². The van der Waals surface area contributed by atoms with E-state index in [1.54, 1.807) is 35.2 Å². The van der Waals surface area contributed by atoms with E-state index in [1.165, 1.54) is 7.11 Å². The predicted molar refractivity (Wildman–Crippen MR) is 139 cm³/mol. The number of aromatic hydroxyl groups is 1. The van der Waals surface area contributed by atoms with Crippen LogP contribution in [0.2, 0.25) is 0 Å². The van der Waals surface area contributed by atoms with Crippen LogP contribution < -0.4 is 4.74 Å². The van der Waals surface area contributed by atoms with Crippen LogP contribution in [-0.4, -0.2) is 28.1 Å². The summed E-state index contributed by atoms with van der Waals surface area (Å²) in [7, 11) is 1.52. The molecular formula is C26H23N3O4S2. The number of hydrogen-bond acceptors (Lipinski definition) is 8. The SMILES string of the molecule is COc1ccc(-c2cc(CSc3nc(C)cc(C)n3)c(-c3ccc(CC(=O)N=O)cc3)s2)cc1O. The third kappa shape index (κ3) is 5.93. The Labute approximate surface area is 211 Å². The summed E-state index contributed by atoms with van der Waals surface area (Å²) in [5.74, 6) is 0.466. The van der Waals surface area contributed by atoms with Gasteiger partial charge in [-0.05, 0) is 66.4 Å². The first-order chi connectivity index (χ1) is 16.9. The number of thioether (sulfide) groups is 1. The van der Waals surface area contributed by atoms with Gasteiger partial charge in [-0.1, -0.05) is 36.0 Å². The van der Waals surface area contributed by atoms with Crippen molar-refractivity contribution in [3.8, 4) is 32.4 Å². The molecule has 2 aromatic carbocycles. The minimum atomic E-state index is -0.694. The first-order valence-electron chi connectivity index (χ1n) is 10.8. The number of carbonyl (C=O) groups excluding carboxylic acids is 1. The second kappa shape index (κ2) is 10.8. The van der Waals surface area contributed by atoms with Gasteiger partial charge < -0.3 is 9.84 Å². The molecule has 0 bridgehead atoms. The summed E-state index contributed by atoms with van der Waals surface area (Å²) in [5, 5.41) is 13.5. The van der Waals surface area contributed by atoms with Crippen LogP contribution in [0.15, 0.2) is 64.9 Å². The van der Waals surface area contributed by atoms with Crippen LogP contribution in [0, 0.1) is 18.8 Å². The molecule has 0 saturated carbocycles. The van der Waals surface area contributed by atoms with Gasteiger partial charge in [-0.15, -0.1) is 16.2 Å². The average molecular weight is 506 g/mol. The molecule has 0 saturated heterocycles. The molecule has 0 aliphatic rings. The molecule has 0 spiro atoms. The Morgan fingerprint density at radius 3 is 2.34 bits per heavy atom. The maximum absolute atomic E-state index is 11.4. The maximum Gasteiger partial charge on any atom is 0.290 e. The van der Waals surface area contributed by atoms with E-state index in [9.17, 15) is 14.8 Å². The Balaban J connectivity index is 1.69. The van der Waals surface area contributed by atoms with Gasteiger partial charge in [0, 0.05) is 32.1 Å². The van der Waals surface area contributed by atoms with Gasteiger partial charge in [0.2, 0.25) is 0 Å². The van der Waals surface area contributed by atoms with E-state index < -0.39 is 5.91 Å². The highest BCUT2D eigenvalue weighted by Gasteiger charge is 2.16. The van der Waals surface area contributed by atoms with E-state index in [-0.39, 0.29) is 12.2 Å². The lowest BCUT2D eigenvalue weighted by Gasteiger charge is -2.06. The number of hydrogen-bond donors (Lipinski definition) is 1. The molecule has 4 rings (SSSR count). The number of ether oxygens (including phenoxy) is 1. The van der Waals surface area contributed by atoms with Gasteiger partial charge in [0.1, 0.15) is 0 Å². The van der Waals surface area contributed by atoms with Gasteiger partial charge in [-0.25, -0.2) is 9.97 Å². The smallest absolute Gasteiger partial charge is 0.290 e. The number of nitroso groups, excluding NO2 is 1. The lowest BCUT2D eigenvalue weighted by Crippen LogP contribution is -1.97. The Morgan fingerprint density at radius 2 is 1.71 bits per heavy atom. The largest absolute Gasteiger partial charge is 0.504 e. The van der Waals surface area contributed by atoms with Gasteiger partial charge >= 0.3 is 0 Å². The highest BCUT2D eigenvalue weighted by molar-refractivity contribution is 7.98. The van der Waals surface area contributed by atoms with E-state index in [1.807, 2.05) is 50.2 Å². The van der Waals surface area contributed by atoms with Crippen molar-refractivity contribution in [2.45, 2.75) is 31.2 Å². The lowest BCUT2D eigenvalue weighted by molar-refractivity contribution is -0.117. The second-order valence-corrected chi connectivity index (χ2v) is 9.93. The van der Waals surface area contributed by atoms with Crippen molar-refractivity contribution in [2.24, 2.45) is 5.18 Å². The van der Waals surface area contributed by atoms with E-state index in [0.717, 1.165) is 48.6 Å². The summed E-state index contributed by atoms with van der Waals surface area (Å²) in [5.41, 5.74) is 5.56. The fourth-order valence-corrected chi connectivity index (χ4v) is 5.85. The van der Waals surface area contributed by atoms with Gasteiger partial charge in [0.15, 0.2) is 16.7 Å². The maximum atomic E-state index is 11.4. The van der Waals surface area contributed by atoms with Crippen molar-refractivity contribution in [2.75, 3.05) is 7.11 Å². The fraction of sp³-hybridized carbons (Fsp3) is 0.192. The fourth-order valence-electron chi connectivity index (χ4n) is 3.65. The normalized spacial score (nSPS) is 10.8. The third-order valence-electron chi connectivity index (χ3n) is 5.26. The van der Waals surface area contributed by atoms with Crippen molar-refractivity contribution in [3.05, 3.63) is 82.0 Å². The monoisotopic (exact) mass is 505 g/mol. The number of rotatable bonds is 8. The topological polar surface area (TPSA) is 102 Å². The number of amides is 1. The molecule has 0 aliphatic heterocycles. The Kier molecular flexibility index (Phi) is 7.57. The first kappa shape index (κ1) is 24.6. The summed E-state index contributed by atoms with van der Waals surface area (Å²) in [6.45, 7) is 3.91. The average Bonchev–Trinajstić information content (AvgIpc) is 3.27. The third-order valence-corrected chi connectivity index (χ3v) is 7.44. The zero-order valence-corrected chi connectivity index (χ0v) is 21.1. The molecular weight excluding hydrogens is 482 g/mol. The van der Waals surface area contributed by atoms with Crippen LogP contribution in [0.25, 0.3) is 20.9 Å². The number of phenolic OH excluding ortho intramolecular Hbond substituents is 1. The summed E-state index contributed by atoms with van der Waals surface area (Å²) < 4.78 is 5.17. The number of phenols is 1. The molecule has 0 atom stereocenters. The van der Waals surface area contributed by atoms with Crippen molar-refractivity contribution in [1.82, 2.24) is 9.97 Å². The zero-order valence-electron chi connectivity index (χ0n) is 19.4. The molecule has 2 aromatic heterocycles. The van der Waals surface area contributed by atoms with Crippen LogP contribution >= 0.6 is 23.1 Å². The highest BCUT2D eigenvalue weighted by Crippen LogP contribution is 2.42. The molecule has 35 heavy (non-hydrogen) atoms. The van der Waals surface area contributed by atoms with E-state index in [2.05, 4.69) is 21.2 Å². The number of aromatic nitrogens is 2. The minimum Gasteiger partial charge on any atom is -0.504 e. The summed E-state index contributed by atoms with van der Waals surface area (Å²) >= 11 is 3.18. The second-order valence-electron chi connectivity index (χ2n) is 7.93. The number of carbonyl (C=O) groups is 1. The standard InChI is InChI=1S/C26H23N3O4S2/c1-15-10-16(2)28-26(27-15)34-14-20-13-23(19-8-9-22(33-3)21(30)12-19)35-25(20)18-6-4-17(5-7-18)11-24(31)29-32/h4-10,12-13,30H,11,14H2,1-3H3. The van der Waals surface area contributed by atoms with Crippen molar-refractivity contribution < 1.29 is 14.6 Å². The molecule has 4 aromatic rings. The molecule has 1 amide bonds. The number of nitrogens with zero attached hydrogens (tertiary/aromatic N) is 3. The molecule has 1 N–H and O–H groups in total. The molecule has 9 heteroatoms. The van der Waals surface area contributed by atoms with Crippen LogP contribution in [0.3, 0.4) is 0 Å². The van der Waals surface area contributed by atoms with Crippen LogP contribution in [0.5, 0.6) is 11.5 Å². The first-order valence-corrected chi connectivity index (χ1v) is 12.6.